The number of hydrogen-bond donors (Lipinski definition) is 1. The fraction of sp³-hybridized carbons (Fsp3) is 0.625. The molecule has 1 aromatic heterocycles. The molecule has 13 heavy (non-hydrogen) atoms. The Morgan fingerprint density at radius 1 is 1.31 bits per heavy atom. The number of imidazole rings is 1. The molecule has 1 fully saturated rings. The van der Waals surface area contributed by atoms with Gasteiger partial charge in [0.25, 0.3) is 0 Å². The number of aromatic amines is 1. The van der Waals surface area contributed by atoms with Crippen LogP contribution >= 0.6 is 12.2 Å². The second kappa shape index (κ2) is 3.51. The highest BCUT2D eigenvalue weighted by molar-refractivity contribution is 7.71. The Morgan fingerprint density at radius 3 is 2.54 bits per heavy atom. The second-order valence-electron chi connectivity index (χ2n) is 3.37. The zero-order valence-electron chi connectivity index (χ0n) is 7.73. The van der Waals surface area contributed by atoms with Crippen molar-refractivity contribution in [2.24, 2.45) is 0 Å². The summed E-state index contributed by atoms with van der Waals surface area (Å²) in [6.07, 6.45) is 3.86. The van der Waals surface area contributed by atoms with E-state index in [4.69, 9.17) is 12.2 Å². The summed E-state index contributed by atoms with van der Waals surface area (Å²) in [5, 5.41) is 2.26. The zero-order chi connectivity index (χ0) is 9.26. The number of aromatic nitrogens is 2. The van der Waals surface area contributed by atoms with Crippen LogP contribution in [0.5, 0.6) is 0 Å². The van der Waals surface area contributed by atoms with Crippen molar-refractivity contribution in [1.29, 1.82) is 0 Å². The average molecular weight is 198 g/mol. The number of piperazine rings is 1. The fourth-order valence-electron chi connectivity index (χ4n) is 1.55. The molecule has 0 radical (unpaired) electrons. The molecule has 0 aromatic carbocycles. The summed E-state index contributed by atoms with van der Waals surface area (Å²) in [5.41, 5.74) is 0. The van der Waals surface area contributed by atoms with Crippen LogP contribution in [-0.2, 0) is 0 Å². The second-order valence-corrected chi connectivity index (χ2v) is 3.75. The van der Waals surface area contributed by atoms with Crippen LogP contribution in [0, 0.1) is 4.77 Å². The first kappa shape index (κ1) is 8.77. The van der Waals surface area contributed by atoms with E-state index in [1.807, 2.05) is 17.1 Å². The number of hydrogen-bond acceptors (Lipinski definition) is 3. The molecule has 0 amide bonds. The minimum atomic E-state index is 0.782. The van der Waals surface area contributed by atoms with Crippen molar-refractivity contribution in [2.75, 3.05) is 38.2 Å². The van der Waals surface area contributed by atoms with Crippen LogP contribution in [0.1, 0.15) is 0 Å². The molecule has 1 aromatic rings. The molecule has 1 aliphatic rings. The summed E-state index contributed by atoms with van der Waals surface area (Å²) in [6, 6.07) is 0. The van der Waals surface area contributed by atoms with Crippen LogP contribution in [0.25, 0.3) is 0 Å². The van der Waals surface area contributed by atoms with Crippen molar-refractivity contribution in [3.63, 3.8) is 0 Å². The van der Waals surface area contributed by atoms with Crippen LogP contribution in [0.3, 0.4) is 0 Å². The molecule has 0 saturated carbocycles. The quantitative estimate of drug-likeness (QED) is 0.663. The monoisotopic (exact) mass is 198 g/mol. The summed E-state index contributed by atoms with van der Waals surface area (Å²) < 4.78 is 2.80. The molecule has 0 bridgehead atoms. The number of likely N-dealkylation sites (N-methyl/N-ethyl adjacent to an activating group) is 1. The SMILES string of the molecule is CN1CCN(n2cc[nH]c2=S)CC1. The lowest BCUT2D eigenvalue weighted by Crippen LogP contribution is -2.49. The maximum absolute atomic E-state index is 5.15. The van der Waals surface area contributed by atoms with Crippen molar-refractivity contribution in [2.45, 2.75) is 0 Å². The average Bonchev–Trinajstić information content (AvgIpc) is 2.53. The fourth-order valence-corrected chi connectivity index (χ4v) is 1.79. The van der Waals surface area contributed by atoms with Crippen molar-refractivity contribution in [3.8, 4) is 0 Å². The third kappa shape index (κ3) is 1.76. The standard InChI is InChI=1S/C8H14N4S/c1-10-4-6-11(7-5-10)12-3-2-9-8(12)13/h2-3H,4-7H2,1H3,(H,9,13). The smallest absolute Gasteiger partial charge is 0.196 e. The predicted molar refractivity (Wildman–Crippen MR) is 55.1 cm³/mol. The number of rotatable bonds is 1. The molecule has 0 spiro atoms. The van der Waals surface area contributed by atoms with Gasteiger partial charge in [-0.25, -0.2) is 4.68 Å². The van der Waals surface area contributed by atoms with E-state index in [0.29, 0.717) is 0 Å². The molecule has 0 unspecified atom stereocenters. The Hall–Kier alpha value is -0.810. The molecule has 2 heterocycles. The van der Waals surface area contributed by atoms with Gasteiger partial charge in [0.05, 0.1) is 0 Å². The van der Waals surface area contributed by atoms with Crippen LogP contribution in [-0.4, -0.2) is 47.8 Å². The van der Waals surface area contributed by atoms with Crippen molar-refractivity contribution in [1.82, 2.24) is 14.6 Å². The van der Waals surface area contributed by atoms with Gasteiger partial charge in [-0.3, -0.25) is 0 Å². The van der Waals surface area contributed by atoms with E-state index in [9.17, 15) is 0 Å². The lowest BCUT2D eigenvalue weighted by atomic mass is 10.4. The van der Waals surface area contributed by atoms with E-state index < -0.39 is 0 Å². The van der Waals surface area contributed by atoms with Gasteiger partial charge in [0.15, 0.2) is 4.77 Å². The molecule has 5 heteroatoms. The number of H-pyrrole nitrogens is 1. The molecule has 0 atom stereocenters. The predicted octanol–water partition coefficient (Wildman–Crippen LogP) is 0.429. The minimum absolute atomic E-state index is 0.782. The van der Waals surface area contributed by atoms with Crippen LogP contribution in [0.4, 0.5) is 0 Å². The first-order chi connectivity index (χ1) is 6.27. The van der Waals surface area contributed by atoms with E-state index in [1.165, 1.54) is 0 Å². The lowest BCUT2D eigenvalue weighted by Gasteiger charge is -2.34. The van der Waals surface area contributed by atoms with Crippen LogP contribution in [0.15, 0.2) is 12.4 Å². The van der Waals surface area contributed by atoms with E-state index in [2.05, 4.69) is 21.9 Å². The van der Waals surface area contributed by atoms with E-state index in [0.717, 1.165) is 31.0 Å². The maximum Gasteiger partial charge on any atom is 0.196 e. The molecule has 1 saturated heterocycles. The van der Waals surface area contributed by atoms with E-state index in [1.54, 1.807) is 0 Å². The summed E-state index contributed by atoms with van der Waals surface area (Å²) >= 11 is 5.15. The van der Waals surface area contributed by atoms with E-state index in [-0.39, 0.29) is 0 Å². The summed E-state index contributed by atoms with van der Waals surface area (Å²) in [5.74, 6) is 0. The van der Waals surface area contributed by atoms with Gasteiger partial charge in [0.1, 0.15) is 0 Å². The van der Waals surface area contributed by atoms with Crippen molar-refractivity contribution < 1.29 is 0 Å². The van der Waals surface area contributed by atoms with Gasteiger partial charge >= 0.3 is 0 Å². The Morgan fingerprint density at radius 2 is 2.00 bits per heavy atom. The highest BCUT2D eigenvalue weighted by Gasteiger charge is 2.13. The Labute approximate surface area is 82.7 Å². The zero-order valence-corrected chi connectivity index (χ0v) is 8.55. The van der Waals surface area contributed by atoms with Gasteiger partial charge in [-0.15, -0.1) is 0 Å². The van der Waals surface area contributed by atoms with E-state index >= 15 is 0 Å². The summed E-state index contributed by atoms with van der Waals surface area (Å²) in [6.45, 7) is 4.30. The van der Waals surface area contributed by atoms with Gasteiger partial charge in [-0.2, -0.15) is 0 Å². The maximum atomic E-state index is 5.15. The third-order valence-corrected chi connectivity index (χ3v) is 2.72. The Kier molecular flexibility index (Phi) is 2.37. The highest BCUT2D eigenvalue weighted by atomic mass is 32.1. The molecule has 2 rings (SSSR count). The Bertz CT molecular complexity index is 321. The third-order valence-electron chi connectivity index (χ3n) is 2.42. The Balaban J connectivity index is 2.11. The molecule has 1 N–H and O–H groups in total. The van der Waals surface area contributed by atoms with Gasteiger partial charge in [0, 0.05) is 38.6 Å². The van der Waals surface area contributed by atoms with Crippen molar-refractivity contribution in [3.05, 3.63) is 17.2 Å². The summed E-state index contributed by atoms with van der Waals surface area (Å²) in [7, 11) is 2.15. The molecule has 1 aliphatic heterocycles. The number of nitrogens with one attached hydrogen (secondary N) is 1. The largest absolute Gasteiger partial charge is 0.336 e. The first-order valence-electron chi connectivity index (χ1n) is 4.47. The first-order valence-corrected chi connectivity index (χ1v) is 4.88. The van der Waals surface area contributed by atoms with Gasteiger partial charge < -0.3 is 14.9 Å². The number of nitrogens with zero attached hydrogens (tertiary/aromatic N) is 3. The van der Waals surface area contributed by atoms with Gasteiger partial charge in [-0.05, 0) is 19.3 Å². The topological polar surface area (TPSA) is 27.2 Å². The van der Waals surface area contributed by atoms with Gasteiger partial charge in [0.2, 0.25) is 0 Å². The lowest BCUT2D eigenvalue weighted by molar-refractivity contribution is 0.287. The van der Waals surface area contributed by atoms with Crippen molar-refractivity contribution >= 4 is 12.2 Å². The molecule has 0 aliphatic carbocycles. The minimum Gasteiger partial charge on any atom is -0.336 e. The van der Waals surface area contributed by atoms with Crippen LogP contribution in [0.2, 0.25) is 0 Å². The molecular formula is C8H14N4S. The molecule has 4 nitrogen and oxygen atoms in total. The van der Waals surface area contributed by atoms with Crippen LogP contribution < -0.4 is 5.01 Å². The molecular weight excluding hydrogens is 184 g/mol. The van der Waals surface area contributed by atoms with Gasteiger partial charge in [-0.1, -0.05) is 0 Å². The normalized spacial score (nSPS) is 19.3. The highest BCUT2D eigenvalue weighted by Crippen LogP contribution is 2.00. The molecule has 72 valence electrons. The summed E-state index contributed by atoms with van der Waals surface area (Å²) in [4.78, 5) is 5.33.